The molecule has 1 aromatic rings. The maximum atomic E-state index is 11.8. The maximum absolute atomic E-state index is 11.8. The number of nitrogens with two attached hydrogens (primary N) is 1. The number of amides is 1. The number of carbonyl (C=O) groups excluding carboxylic acids is 1. The van der Waals surface area contributed by atoms with Gasteiger partial charge in [-0.1, -0.05) is 11.3 Å². The summed E-state index contributed by atoms with van der Waals surface area (Å²) in [4.78, 5) is 13.7. The molecular weight excluding hydrogens is 200 g/mol. The van der Waals surface area contributed by atoms with Gasteiger partial charge in [-0.15, -0.1) is 10.2 Å². The molecule has 0 bridgehead atoms. The molecule has 1 aromatic heterocycles. The Bertz CT molecular complexity index is 347. The van der Waals surface area contributed by atoms with Gasteiger partial charge >= 0.3 is 0 Å². The Balaban J connectivity index is 2.13. The molecule has 1 heterocycles. The normalized spacial score (nSPS) is 15.5. The SMILES string of the molecule is CCN(C(=O)c1nnc(N)s1)C1CC1. The largest absolute Gasteiger partial charge is 0.374 e. The topological polar surface area (TPSA) is 72.1 Å². The number of aromatic nitrogens is 2. The fourth-order valence-electron chi connectivity index (χ4n) is 1.40. The summed E-state index contributed by atoms with van der Waals surface area (Å²) in [7, 11) is 0. The van der Waals surface area contributed by atoms with Gasteiger partial charge < -0.3 is 10.6 Å². The second-order valence-corrected chi connectivity index (χ2v) is 4.28. The van der Waals surface area contributed by atoms with Crippen LogP contribution in [0.2, 0.25) is 0 Å². The lowest BCUT2D eigenvalue weighted by molar-refractivity contribution is 0.0751. The van der Waals surface area contributed by atoms with Gasteiger partial charge in [0.05, 0.1) is 0 Å². The van der Waals surface area contributed by atoms with Crippen molar-refractivity contribution in [1.29, 1.82) is 0 Å². The lowest BCUT2D eigenvalue weighted by atomic mass is 10.4. The Labute approximate surface area is 85.9 Å². The van der Waals surface area contributed by atoms with Gasteiger partial charge in [-0.25, -0.2) is 0 Å². The highest BCUT2D eigenvalue weighted by Crippen LogP contribution is 2.28. The fourth-order valence-corrected chi connectivity index (χ4v) is 1.96. The Morgan fingerprint density at radius 1 is 1.64 bits per heavy atom. The predicted molar refractivity (Wildman–Crippen MR) is 54.1 cm³/mol. The highest BCUT2D eigenvalue weighted by atomic mass is 32.1. The van der Waals surface area contributed by atoms with Crippen molar-refractivity contribution in [3.8, 4) is 0 Å². The van der Waals surface area contributed by atoms with Crippen LogP contribution in [0.25, 0.3) is 0 Å². The van der Waals surface area contributed by atoms with E-state index >= 15 is 0 Å². The summed E-state index contributed by atoms with van der Waals surface area (Å²) in [6.07, 6.45) is 2.21. The van der Waals surface area contributed by atoms with Crippen LogP contribution < -0.4 is 5.73 Å². The van der Waals surface area contributed by atoms with Gasteiger partial charge in [-0.3, -0.25) is 4.79 Å². The number of hydrogen-bond acceptors (Lipinski definition) is 5. The number of nitrogens with zero attached hydrogens (tertiary/aromatic N) is 3. The number of carbonyl (C=O) groups is 1. The number of nitrogen functional groups attached to an aromatic ring is 1. The molecule has 6 heteroatoms. The molecule has 0 aliphatic heterocycles. The number of rotatable bonds is 3. The smallest absolute Gasteiger partial charge is 0.285 e. The molecular formula is C8H12N4OS. The van der Waals surface area contributed by atoms with E-state index in [0.717, 1.165) is 30.7 Å². The second kappa shape index (κ2) is 3.53. The molecule has 0 aromatic carbocycles. The van der Waals surface area contributed by atoms with E-state index in [0.29, 0.717) is 16.2 Å². The van der Waals surface area contributed by atoms with Crippen molar-refractivity contribution in [3.05, 3.63) is 5.01 Å². The first-order valence-electron chi connectivity index (χ1n) is 4.62. The number of hydrogen-bond donors (Lipinski definition) is 1. The van der Waals surface area contributed by atoms with Crippen molar-refractivity contribution in [2.24, 2.45) is 0 Å². The molecule has 0 unspecified atom stereocenters. The summed E-state index contributed by atoms with van der Waals surface area (Å²) in [5.41, 5.74) is 5.42. The molecule has 5 nitrogen and oxygen atoms in total. The van der Waals surface area contributed by atoms with Crippen LogP contribution >= 0.6 is 11.3 Å². The van der Waals surface area contributed by atoms with E-state index in [4.69, 9.17) is 5.73 Å². The van der Waals surface area contributed by atoms with E-state index < -0.39 is 0 Å². The third-order valence-electron chi connectivity index (χ3n) is 2.21. The predicted octanol–water partition coefficient (Wildman–Crippen LogP) is 0.745. The quantitative estimate of drug-likeness (QED) is 0.802. The Morgan fingerprint density at radius 3 is 2.79 bits per heavy atom. The summed E-state index contributed by atoms with van der Waals surface area (Å²) >= 11 is 1.15. The Kier molecular flexibility index (Phi) is 2.37. The second-order valence-electron chi connectivity index (χ2n) is 3.27. The van der Waals surface area contributed by atoms with Crippen LogP contribution in [-0.2, 0) is 0 Å². The summed E-state index contributed by atoms with van der Waals surface area (Å²) in [5, 5.41) is 8.13. The van der Waals surface area contributed by atoms with Gasteiger partial charge in [0, 0.05) is 12.6 Å². The zero-order valence-corrected chi connectivity index (χ0v) is 8.75. The van der Waals surface area contributed by atoms with Crippen LogP contribution in [0.3, 0.4) is 0 Å². The molecule has 1 amide bonds. The van der Waals surface area contributed by atoms with Gasteiger partial charge in [0.1, 0.15) is 0 Å². The van der Waals surface area contributed by atoms with Crippen LogP contribution in [0.15, 0.2) is 0 Å². The molecule has 1 aliphatic rings. The lowest BCUT2D eigenvalue weighted by Crippen LogP contribution is -2.32. The van der Waals surface area contributed by atoms with Crippen LogP contribution in [-0.4, -0.2) is 33.6 Å². The molecule has 1 fully saturated rings. The van der Waals surface area contributed by atoms with E-state index in [1.165, 1.54) is 0 Å². The molecule has 76 valence electrons. The Hall–Kier alpha value is -1.17. The zero-order valence-electron chi connectivity index (χ0n) is 7.93. The first-order chi connectivity index (χ1) is 6.72. The summed E-state index contributed by atoms with van der Waals surface area (Å²) < 4.78 is 0. The van der Waals surface area contributed by atoms with E-state index in [1.807, 2.05) is 11.8 Å². The molecule has 1 aliphatic carbocycles. The van der Waals surface area contributed by atoms with Crippen LogP contribution in [0, 0.1) is 0 Å². The van der Waals surface area contributed by atoms with Crippen molar-refractivity contribution in [2.75, 3.05) is 12.3 Å². The molecule has 1 saturated carbocycles. The van der Waals surface area contributed by atoms with E-state index in [1.54, 1.807) is 0 Å². The van der Waals surface area contributed by atoms with Crippen molar-refractivity contribution >= 4 is 22.4 Å². The van der Waals surface area contributed by atoms with Crippen LogP contribution in [0.4, 0.5) is 5.13 Å². The lowest BCUT2D eigenvalue weighted by Gasteiger charge is -2.18. The first kappa shape index (κ1) is 9.39. The minimum atomic E-state index is -0.0378. The molecule has 2 N–H and O–H groups in total. The zero-order chi connectivity index (χ0) is 10.1. The molecule has 0 spiro atoms. The average Bonchev–Trinajstić information content (AvgIpc) is 2.90. The van der Waals surface area contributed by atoms with Gasteiger partial charge in [0.15, 0.2) is 0 Å². The third kappa shape index (κ3) is 1.70. The minimum Gasteiger partial charge on any atom is -0.374 e. The molecule has 0 radical (unpaired) electrons. The van der Waals surface area contributed by atoms with Gasteiger partial charge in [-0.2, -0.15) is 0 Å². The molecule has 14 heavy (non-hydrogen) atoms. The molecule has 2 rings (SSSR count). The summed E-state index contributed by atoms with van der Waals surface area (Å²) in [5.74, 6) is -0.0378. The number of anilines is 1. The van der Waals surface area contributed by atoms with E-state index in [9.17, 15) is 4.79 Å². The minimum absolute atomic E-state index is 0.0378. The van der Waals surface area contributed by atoms with E-state index in [-0.39, 0.29) is 5.91 Å². The monoisotopic (exact) mass is 212 g/mol. The Morgan fingerprint density at radius 2 is 2.36 bits per heavy atom. The fraction of sp³-hybridized carbons (Fsp3) is 0.625. The van der Waals surface area contributed by atoms with Gasteiger partial charge in [-0.05, 0) is 19.8 Å². The van der Waals surface area contributed by atoms with Crippen LogP contribution in [0.5, 0.6) is 0 Å². The summed E-state index contributed by atoms with van der Waals surface area (Å²) in [6.45, 7) is 2.70. The first-order valence-corrected chi connectivity index (χ1v) is 5.44. The van der Waals surface area contributed by atoms with Gasteiger partial charge in [0.25, 0.3) is 5.91 Å². The van der Waals surface area contributed by atoms with Crippen molar-refractivity contribution < 1.29 is 4.79 Å². The molecule has 0 atom stereocenters. The van der Waals surface area contributed by atoms with Gasteiger partial charge in [0.2, 0.25) is 10.1 Å². The maximum Gasteiger partial charge on any atom is 0.285 e. The van der Waals surface area contributed by atoms with E-state index in [2.05, 4.69) is 10.2 Å². The van der Waals surface area contributed by atoms with Crippen LogP contribution in [0.1, 0.15) is 29.6 Å². The van der Waals surface area contributed by atoms with Crippen molar-refractivity contribution in [3.63, 3.8) is 0 Å². The summed E-state index contributed by atoms with van der Waals surface area (Å²) in [6, 6.07) is 0.414. The van der Waals surface area contributed by atoms with Crippen molar-refractivity contribution in [1.82, 2.24) is 15.1 Å². The highest BCUT2D eigenvalue weighted by Gasteiger charge is 2.33. The average molecular weight is 212 g/mol. The van der Waals surface area contributed by atoms with Crippen molar-refractivity contribution in [2.45, 2.75) is 25.8 Å². The molecule has 0 saturated heterocycles. The highest BCUT2D eigenvalue weighted by molar-refractivity contribution is 7.16. The standard InChI is InChI=1S/C8H12N4OS/c1-2-12(5-3-4-5)7(13)6-10-11-8(9)14-6/h5H,2-4H2,1H3,(H2,9,11). The third-order valence-corrected chi connectivity index (χ3v) is 2.95.